The third kappa shape index (κ3) is 3.04. The minimum absolute atomic E-state index is 0.197. The Morgan fingerprint density at radius 2 is 1.28 bits per heavy atom. The maximum atomic E-state index is 13.3. The van der Waals surface area contributed by atoms with Gasteiger partial charge >= 0.3 is 0 Å². The lowest BCUT2D eigenvalue weighted by molar-refractivity contribution is 0.475. The highest BCUT2D eigenvalue weighted by atomic mass is 19.1. The molecule has 0 radical (unpaired) electrons. The van der Waals surface area contributed by atoms with Crippen LogP contribution in [-0.4, -0.2) is 21.5 Å². The van der Waals surface area contributed by atoms with Gasteiger partial charge in [0.2, 0.25) is 0 Å². The molecule has 1 N–H and O–H groups in total. The van der Waals surface area contributed by atoms with Crippen LogP contribution < -0.4 is 0 Å². The van der Waals surface area contributed by atoms with Crippen LogP contribution in [0, 0.1) is 5.82 Å². The maximum Gasteiger partial charge on any atom is 0.166 e. The molecule has 3 aromatic rings. The van der Waals surface area contributed by atoms with E-state index in [1.807, 2.05) is 12.1 Å². The predicted molar refractivity (Wildman–Crippen MR) is 94.6 cm³/mol. The second-order valence-electron chi connectivity index (χ2n) is 5.66. The smallest absolute Gasteiger partial charge is 0.166 e. The highest BCUT2D eigenvalue weighted by molar-refractivity contribution is 6.54. The lowest BCUT2D eigenvalue weighted by Gasteiger charge is -2.05. The molecule has 4 nitrogen and oxygen atoms in total. The van der Waals surface area contributed by atoms with E-state index in [0.717, 1.165) is 22.4 Å². The van der Waals surface area contributed by atoms with Crippen molar-refractivity contribution in [1.82, 2.24) is 4.98 Å². The average Bonchev–Trinajstić information content (AvgIpc) is 3.09. The van der Waals surface area contributed by atoms with Gasteiger partial charge in [0, 0.05) is 23.5 Å². The molecule has 0 aliphatic carbocycles. The van der Waals surface area contributed by atoms with E-state index in [-0.39, 0.29) is 11.6 Å². The summed E-state index contributed by atoms with van der Waals surface area (Å²) >= 11 is 0. The van der Waals surface area contributed by atoms with E-state index in [1.54, 1.807) is 48.8 Å². The molecule has 0 amide bonds. The monoisotopic (exact) mass is 331 g/mol. The van der Waals surface area contributed by atoms with Crippen LogP contribution >= 0.6 is 0 Å². The minimum atomic E-state index is -0.399. The van der Waals surface area contributed by atoms with Crippen LogP contribution in [-0.2, 0) is 0 Å². The molecular formula is C20H14FN3O. The fraction of sp³-hybridized carbons (Fsp3) is 0.0500. The van der Waals surface area contributed by atoms with Gasteiger partial charge in [0.05, 0.1) is 11.4 Å². The molecule has 4 rings (SSSR count). The van der Waals surface area contributed by atoms with Crippen LogP contribution in [0.2, 0.25) is 0 Å². The zero-order valence-electron chi connectivity index (χ0n) is 13.2. The number of aromatic nitrogens is 1. The summed E-state index contributed by atoms with van der Waals surface area (Å²) < 4.78 is 13.3. The number of halogens is 1. The quantitative estimate of drug-likeness (QED) is 0.791. The summed E-state index contributed by atoms with van der Waals surface area (Å²) in [6.07, 6.45) is 3.01. The number of aromatic hydroxyl groups is 1. The Labute approximate surface area is 144 Å². The summed E-state index contributed by atoms with van der Waals surface area (Å²) in [5, 5.41) is 9.47. The molecule has 0 fully saturated rings. The SMILES string of the molecule is Oc1ccc(C2N=C(c3ccncc3)C(c3ccc(F)cc3)=N2)cc1. The van der Waals surface area contributed by atoms with Crippen LogP contribution in [0.15, 0.2) is 83.0 Å². The van der Waals surface area contributed by atoms with Crippen molar-refractivity contribution in [1.29, 1.82) is 0 Å². The maximum absolute atomic E-state index is 13.3. The standard InChI is InChI=1S/C20H14FN3O/c21-16-5-1-13(2-6-16)18-19(14-9-11-22-12-10-14)24-20(23-18)15-3-7-17(25)8-4-15/h1-12,20,25H. The first-order valence-corrected chi connectivity index (χ1v) is 7.82. The van der Waals surface area contributed by atoms with Crippen LogP contribution in [0.3, 0.4) is 0 Å². The molecule has 0 saturated carbocycles. The molecule has 1 aliphatic heterocycles. The highest BCUT2D eigenvalue weighted by Crippen LogP contribution is 2.29. The predicted octanol–water partition coefficient (Wildman–Crippen LogP) is 3.92. The second kappa shape index (κ2) is 6.28. The zero-order valence-corrected chi connectivity index (χ0v) is 13.2. The first-order valence-electron chi connectivity index (χ1n) is 7.82. The van der Waals surface area contributed by atoms with E-state index in [1.165, 1.54) is 12.1 Å². The number of benzene rings is 2. The second-order valence-corrected chi connectivity index (χ2v) is 5.66. The van der Waals surface area contributed by atoms with Crippen LogP contribution in [0.5, 0.6) is 5.75 Å². The van der Waals surface area contributed by atoms with Crippen molar-refractivity contribution in [2.24, 2.45) is 9.98 Å². The van der Waals surface area contributed by atoms with Crippen molar-refractivity contribution in [3.05, 3.63) is 95.6 Å². The van der Waals surface area contributed by atoms with Gasteiger partial charge in [-0.1, -0.05) is 12.1 Å². The van der Waals surface area contributed by atoms with E-state index in [9.17, 15) is 9.50 Å². The first kappa shape index (κ1) is 15.2. The molecule has 25 heavy (non-hydrogen) atoms. The Morgan fingerprint density at radius 1 is 0.720 bits per heavy atom. The fourth-order valence-electron chi connectivity index (χ4n) is 2.73. The van der Waals surface area contributed by atoms with Gasteiger partial charge in [-0.15, -0.1) is 0 Å². The Hall–Kier alpha value is -3.34. The van der Waals surface area contributed by atoms with Crippen molar-refractivity contribution in [2.45, 2.75) is 6.17 Å². The van der Waals surface area contributed by atoms with Gasteiger partial charge < -0.3 is 5.11 Å². The van der Waals surface area contributed by atoms with Gasteiger partial charge in [-0.2, -0.15) is 0 Å². The minimum Gasteiger partial charge on any atom is -0.508 e. The van der Waals surface area contributed by atoms with Crippen molar-refractivity contribution >= 4 is 11.4 Å². The van der Waals surface area contributed by atoms with E-state index in [2.05, 4.69) is 4.98 Å². The molecule has 122 valence electrons. The lowest BCUT2D eigenvalue weighted by atomic mass is 10.0. The average molecular weight is 331 g/mol. The number of aliphatic imine (C=N–C) groups is 2. The van der Waals surface area contributed by atoms with Crippen molar-refractivity contribution < 1.29 is 9.50 Å². The molecule has 0 spiro atoms. The summed E-state index contributed by atoms with van der Waals surface area (Å²) in [5.74, 6) is -0.0948. The van der Waals surface area contributed by atoms with Crippen molar-refractivity contribution in [3.8, 4) is 5.75 Å². The van der Waals surface area contributed by atoms with Gasteiger partial charge in [0.1, 0.15) is 11.6 Å². The normalized spacial score (nSPS) is 16.4. The molecule has 1 atom stereocenters. The van der Waals surface area contributed by atoms with Crippen molar-refractivity contribution in [2.75, 3.05) is 0 Å². The zero-order chi connectivity index (χ0) is 17.2. The van der Waals surface area contributed by atoms with E-state index in [4.69, 9.17) is 9.98 Å². The summed E-state index contributed by atoms with van der Waals surface area (Å²) in [5.41, 5.74) is 4.04. The highest BCUT2D eigenvalue weighted by Gasteiger charge is 2.24. The fourth-order valence-corrected chi connectivity index (χ4v) is 2.73. The number of phenolic OH excluding ortho intramolecular Hbond substituents is 1. The lowest BCUT2D eigenvalue weighted by Crippen LogP contribution is -2.14. The van der Waals surface area contributed by atoms with Gasteiger partial charge in [-0.05, 0) is 54.1 Å². The number of hydrogen-bond acceptors (Lipinski definition) is 4. The van der Waals surface area contributed by atoms with Gasteiger partial charge in [-0.3, -0.25) is 15.0 Å². The molecule has 1 aliphatic rings. The third-order valence-electron chi connectivity index (χ3n) is 3.99. The van der Waals surface area contributed by atoms with Crippen LogP contribution in [0.1, 0.15) is 22.9 Å². The summed E-state index contributed by atoms with van der Waals surface area (Å²) in [7, 11) is 0. The van der Waals surface area contributed by atoms with Crippen molar-refractivity contribution in [3.63, 3.8) is 0 Å². The molecule has 1 aromatic heterocycles. The summed E-state index contributed by atoms with van der Waals surface area (Å²) in [6, 6.07) is 16.8. The molecule has 1 unspecified atom stereocenters. The molecule has 2 heterocycles. The number of pyridine rings is 1. The number of rotatable bonds is 3. The Balaban J connectivity index is 1.80. The number of phenols is 1. The molecule has 2 aromatic carbocycles. The Bertz CT molecular complexity index is 948. The summed E-state index contributed by atoms with van der Waals surface area (Å²) in [6.45, 7) is 0. The topological polar surface area (TPSA) is 57.8 Å². The Morgan fingerprint density at radius 3 is 1.88 bits per heavy atom. The van der Waals surface area contributed by atoms with Gasteiger partial charge in [0.15, 0.2) is 6.17 Å². The molecular weight excluding hydrogens is 317 g/mol. The van der Waals surface area contributed by atoms with Gasteiger partial charge in [0.25, 0.3) is 0 Å². The van der Waals surface area contributed by atoms with E-state index >= 15 is 0 Å². The third-order valence-corrected chi connectivity index (χ3v) is 3.99. The Kier molecular flexibility index (Phi) is 3.82. The van der Waals surface area contributed by atoms with E-state index in [0.29, 0.717) is 5.71 Å². The number of hydrogen-bond donors (Lipinski definition) is 1. The molecule has 0 saturated heterocycles. The number of nitrogens with zero attached hydrogens (tertiary/aromatic N) is 3. The van der Waals surface area contributed by atoms with Crippen LogP contribution in [0.4, 0.5) is 4.39 Å². The first-order chi connectivity index (χ1) is 12.2. The van der Waals surface area contributed by atoms with E-state index < -0.39 is 6.17 Å². The van der Waals surface area contributed by atoms with Crippen LogP contribution in [0.25, 0.3) is 0 Å². The largest absolute Gasteiger partial charge is 0.508 e. The summed E-state index contributed by atoms with van der Waals surface area (Å²) in [4.78, 5) is 13.5. The van der Waals surface area contributed by atoms with Gasteiger partial charge in [-0.25, -0.2) is 4.39 Å². The molecule has 5 heteroatoms. The molecule has 0 bridgehead atoms.